The van der Waals surface area contributed by atoms with Crippen LogP contribution in [0, 0.1) is 0 Å². The fourth-order valence-corrected chi connectivity index (χ4v) is 6.44. The van der Waals surface area contributed by atoms with Gasteiger partial charge in [0.2, 0.25) is 0 Å². The lowest BCUT2D eigenvalue weighted by Crippen LogP contribution is -2.09. The quantitative estimate of drug-likeness (QED) is 0.173. The Balaban J connectivity index is 1.13. The van der Waals surface area contributed by atoms with Crippen molar-refractivity contribution < 1.29 is 4.42 Å². The fourth-order valence-electron chi connectivity index (χ4n) is 6.44. The predicted octanol–water partition coefficient (Wildman–Crippen LogP) is 11.9. The molecule has 5 heteroatoms. The van der Waals surface area contributed by atoms with Crippen LogP contribution in [0.15, 0.2) is 186 Å². The van der Waals surface area contributed by atoms with Crippen molar-refractivity contribution in [2.24, 2.45) is 0 Å². The van der Waals surface area contributed by atoms with Crippen LogP contribution in [-0.4, -0.2) is 15.0 Å². The minimum Gasteiger partial charge on any atom is -0.456 e. The predicted molar refractivity (Wildman–Crippen MR) is 204 cm³/mol. The summed E-state index contributed by atoms with van der Waals surface area (Å²) in [6, 6.07) is 62.3. The number of benzene rings is 7. The van der Waals surface area contributed by atoms with Crippen LogP contribution in [0.3, 0.4) is 0 Å². The van der Waals surface area contributed by atoms with Crippen LogP contribution in [0.1, 0.15) is 0 Å². The van der Waals surface area contributed by atoms with E-state index in [1.54, 1.807) is 0 Å². The van der Waals surface area contributed by atoms with Crippen LogP contribution >= 0.6 is 0 Å². The van der Waals surface area contributed by atoms with E-state index >= 15 is 0 Å². The summed E-state index contributed by atoms with van der Waals surface area (Å²) < 4.78 is 6.47. The van der Waals surface area contributed by atoms with E-state index in [2.05, 4.69) is 108 Å². The number of rotatable bonds is 7. The highest BCUT2D eigenvalue weighted by molar-refractivity contribution is 6.07. The lowest BCUT2D eigenvalue weighted by Gasteiger charge is -2.25. The molecule has 236 valence electrons. The average molecular weight is 643 g/mol. The van der Waals surface area contributed by atoms with Crippen molar-refractivity contribution in [3.05, 3.63) is 182 Å². The van der Waals surface area contributed by atoms with Crippen LogP contribution in [0.2, 0.25) is 0 Å². The van der Waals surface area contributed by atoms with Crippen molar-refractivity contribution in [3.8, 4) is 45.3 Å². The van der Waals surface area contributed by atoms with Crippen molar-refractivity contribution in [1.82, 2.24) is 15.0 Å². The van der Waals surface area contributed by atoms with E-state index in [1.807, 2.05) is 78.9 Å². The third kappa shape index (κ3) is 5.57. The molecule has 0 aliphatic carbocycles. The van der Waals surface area contributed by atoms with E-state index < -0.39 is 0 Å². The fraction of sp³-hybridized carbons (Fsp3) is 0. The molecule has 0 amide bonds. The second-order valence-corrected chi connectivity index (χ2v) is 12.1. The molecule has 0 unspecified atom stereocenters. The van der Waals surface area contributed by atoms with Gasteiger partial charge in [-0.1, -0.05) is 127 Å². The first-order valence-corrected chi connectivity index (χ1v) is 16.6. The van der Waals surface area contributed by atoms with Gasteiger partial charge in [0, 0.05) is 44.5 Å². The van der Waals surface area contributed by atoms with E-state index in [0.717, 1.165) is 55.7 Å². The normalized spacial score (nSPS) is 11.2. The minimum absolute atomic E-state index is 0.593. The summed E-state index contributed by atoms with van der Waals surface area (Å²) in [7, 11) is 0. The Kier molecular flexibility index (Phi) is 7.41. The number of anilines is 3. The minimum atomic E-state index is 0.593. The van der Waals surface area contributed by atoms with Crippen LogP contribution in [0.5, 0.6) is 0 Å². The molecule has 0 radical (unpaired) electrons. The summed E-state index contributed by atoms with van der Waals surface area (Å²) in [5.74, 6) is 1.85. The van der Waals surface area contributed by atoms with Crippen LogP contribution < -0.4 is 4.90 Å². The number of furan rings is 1. The molecule has 2 aromatic heterocycles. The summed E-state index contributed by atoms with van der Waals surface area (Å²) in [4.78, 5) is 17.0. The van der Waals surface area contributed by atoms with Gasteiger partial charge in [-0.05, 0) is 65.7 Å². The smallest absolute Gasteiger partial charge is 0.164 e. The second-order valence-electron chi connectivity index (χ2n) is 12.1. The number of hydrogen-bond donors (Lipinski definition) is 0. The molecule has 0 fully saturated rings. The van der Waals surface area contributed by atoms with Gasteiger partial charge in [0.25, 0.3) is 0 Å². The number of para-hydroxylation sites is 1. The molecule has 9 rings (SSSR count). The molecule has 0 aliphatic rings. The molecule has 0 atom stereocenters. The van der Waals surface area contributed by atoms with E-state index in [0.29, 0.717) is 17.5 Å². The summed E-state index contributed by atoms with van der Waals surface area (Å²) in [6.45, 7) is 0. The second kappa shape index (κ2) is 12.6. The molecule has 7 aromatic carbocycles. The van der Waals surface area contributed by atoms with Gasteiger partial charge in [0.05, 0.1) is 0 Å². The van der Waals surface area contributed by atoms with Crippen LogP contribution in [0.4, 0.5) is 17.1 Å². The van der Waals surface area contributed by atoms with E-state index in [1.165, 1.54) is 11.1 Å². The van der Waals surface area contributed by atoms with Crippen molar-refractivity contribution in [2.45, 2.75) is 0 Å². The number of nitrogens with zero attached hydrogens (tertiary/aromatic N) is 4. The number of hydrogen-bond acceptors (Lipinski definition) is 5. The molecule has 0 saturated heterocycles. The summed E-state index contributed by atoms with van der Waals surface area (Å²) in [5, 5.41) is 2.06. The largest absolute Gasteiger partial charge is 0.456 e. The Morgan fingerprint density at radius 3 is 1.38 bits per heavy atom. The Hall–Kier alpha value is -6.85. The van der Waals surface area contributed by atoms with Gasteiger partial charge in [-0.15, -0.1) is 0 Å². The number of aromatic nitrogens is 3. The molecular weight excluding hydrogens is 613 g/mol. The van der Waals surface area contributed by atoms with Crippen LogP contribution in [-0.2, 0) is 0 Å². The molecule has 0 aliphatic heterocycles. The maximum atomic E-state index is 6.47. The van der Waals surface area contributed by atoms with E-state index in [4.69, 9.17) is 19.4 Å². The van der Waals surface area contributed by atoms with Gasteiger partial charge in [-0.3, -0.25) is 0 Å². The topological polar surface area (TPSA) is 55.1 Å². The molecular formula is C45H30N4O. The van der Waals surface area contributed by atoms with Crippen LogP contribution in [0.25, 0.3) is 67.2 Å². The highest BCUT2D eigenvalue weighted by atomic mass is 16.3. The molecule has 0 N–H and O–H groups in total. The Morgan fingerprint density at radius 2 is 0.780 bits per heavy atom. The third-order valence-corrected chi connectivity index (χ3v) is 8.92. The molecule has 9 aromatic rings. The SMILES string of the molecule is c1ccc(-c2ccc(N(c3ccccc3)c3ccc4oc5cc(-c6nc(-c7ccccc7)nc(-c7ccccc7)n6)ccc5c4c3)cc2)cc1. The van der Waals surface area contributed by atoms with Gasteiger partial charge < -0.3 is 9.32 Å². The average Bonchev–Trinajstić information content (AvgIpc) is 3.57. The monoisotopic (exact) mass is 642 g/mol. The zero-order valence-electron chi connectivity index (χ0n) is 27.0. The van der Waals surface area contributed by atoms with Gasteiger partial charge in [-0.25, -0.2) is 15.0 Å². The maximum absolute atomic E-state index is 6.47. The van der Waals surface area contributed by atoms with Gasteiger partial charge in [-0.2, -0.15) is 0 Å². The maximum Gasteiger partial charge on any atom is 0.164 e. The zero-order valence-corrected chi connectivity index (χ0v) is 27.0. The molecule has 0 saturated carbocycles. The molecule has 2 heterocycles. The van der Waals surface area contributed by atoms with Crippen molar-refractivity contribution in [2.75, 3.05) is 4.90 Å². The lowest BCUT2D eigenvalue weighted by atomic mass is 10.0. The Labute approximate surface area is 289 Å². The van der Waals surface area contributed by atoms with Crippen molar-refractivity contribution in [1.29, 1.82) is 0 Å². The number of fused-ring (bicyclic) bond motifs is 3. The van der Waals surface area contributed by atoms with Gasteiger partial charge in [0.15, 0.2) is 17.5 Å². The lowest BCUT2D eigenvalue weighted by molar-refractivity contribution is 0.669. The molecule has 5 nitrogen and oxygen atoms in total. The first kappa shape index (κ1) is 29.3. The van der Waals surface area contributed by atoms with Crippen molar-refractivity contribution in [3.63, 3.8) is 0 Å². The highest BCUT2D eigenvalue weighted by Crippen LogP contribution is 2.40. The zero-order chi connectivity index (χ0) is 33.3. The summed E-state index contributed by atoms with van der Waals surface area (Å²) in [6.07, 6.45) is 0. The van der Waals surface area contributed by atoms with Gasteiger partial charge in [0.1, 0.15) is 11.2 Å². The first-order chi connectivity index (χ1) is 24.8. The van der Waals surface area contributed by atoms with E-state index in [9.17, 15) is 0 Å². The molecule has 0 spiro atoms. The summed E-state index contributed by atoms with van der Waals surface area (Å²) >= 11 is 0. The van der Waals surface area contributed by atoms with Crippen molar-refractivity contribution >= 4 is 39.0 Å². The highest BCUT2D eigenvalue weighted by Gasteiger charge is 2.17. The standard InChI is InChI=1S/C45H30N4O/c1-5-13-31(14-6-1)32-21-24-37(25-22-32)49(36-19-11-4-12-20-36)38-26-28-41-40(30-38)39-27-23-35(29-42(39)50-41)45-47-43(33-15-7-2-8-16-33)46-44(48-45)34-17-9-3-10-18-34/h1-30H. The Bertz CT molecular complexity index is 2510. The van der Waals surface area contributed by atoms with Gasteiger partial charge >= 0.3 is 0 Å². The Morgan fingerprint density at radius 1 is 0.320 bits per heavy atom. The molecule has 0 bridgehead atoms. The third-order valence-electron chi connectivity index (χ3n) is 8.92. The summed E-state index contributed by atoms with van der Waals surface area (Å²) in [5.41, 5.74) is 9.89. The first-order valence-electron chi connectivity index (χ1n) is 16.6. The van der Waals surface area contributed by atoms with E-state index in [-0.39, 0.29) is 0 Å². The molecule has 50 heavy (non-hydrogen) atoms.